The maximum Gasteiger partial charge on any atom is 0.311 e. The molecule has 1 heterocycles. The van der Waals surface area contributed by atoms with E-state index in [-0.39, 0.29) is 18.1 Å². The first-order valence-corrected chi connectivity index (χ1v) is 8.09. The molecule has 1 N–H and O–H groups in total. The van der Waals surface area contributed by atoms with Crippen molar-refractivity contribution in [1.29, 1.82) is 0 Å². The van der Waals surface area contributed by atoms with E-state index in [4.69, 9.17) is 14.3 Å². The molecule has 6 nitrogen and oxygen atoms in total. The molecule has 0 aliphatic rings. The minimum atomic E-state index is -1.02. The molecule has 6 heteroatoms. The highest BCUT2D eigenvalue weighted by Gasteiger charge is 2.23. The fraction of sp³-hybridized carbons (Fsp3) is 0.368. The molecule has 134 valence electrons. The van der Waals surface area contributed by atoms with Gasteiger partial charge in [0.2, 0.25) is 0 Å². The largest absolute Gasteiger partial charge is 0.497 e. The highest BCUT2D eigenvalue weighted by atomic mass is 16.5. The molecule has 0 unspecified atom stereocenters. The van der Waals surface area contributed by atoms with Gasteiger partial charge in [0.25, 0.3) is 5.91 Å². The van der Waals surface area contributed by atoms with Crippen LogP contribution >= 0.6 is 0 Å². The van der Waals surface area contributed by atoms with E-state index in [1.807, 2.05) is 24.3 Å². The maximum absolute atomic E-state index is 12.6. The van der Waals surface area contributed by atoms with E-state index < -0.39 is 5.97 Å². The van der Waals surface area contributed by atoms with E-state index in [9.17, 15) is 9.59 Å². The van der Waals surface area contributed by atoms with Crippen LogP contribution in [-0.4, -0.2) is 42.6 Å². The van der Waals surface area contributed by atoms with Crippen molar-refractivity contribution in [2.45, 2.75) is 26.2 Å². The average Bonchev–Trinajstić information content (AvgIpc) is 2.94. The molecular weight excluding hydrogens is 322 g/mol. The van der Waals surface area contributed by atoms with Crippen LogP contribution in [0.25, 0.3) is 0 Å². The van der Waals surface area contributed by atoms with Crippen LogP contribution in [0.3, 0.4) is 0 Å². The van der Waals surface area contributed by atoms with Crippen LogP contribution in [-0.2, 0) is 17.6 Å². The summed E-state index contributed by atoms with van der Waals surface area (Å²) in [4.78, 5) is 25.1. The Hall–Kier alpha value is -2.76. The molecule has 2 rings (SSSR count). The van der Waals surface area contributed by atoms with E-state index in [2.05, 4.69) is 0 Å². The number of carbonyl (C=O) groups excluding carboxylic acids is 1. The Bertz CT molecular complexity index is 733. The number of hydrogen-bond donors (Lipinski definition) is 1. The van der Waals surface area contributed by atoms with Crippen molar-refractivity contribution in [2.75, 3.05) is 20.7 Å². The molecule has 1 amide bonds. The van der Waals surface area contributed by atoms with Gasteiger partial charge in [0.1, 0.15) is 17.9 Å². The van der Waals surface area contributed by atoms with E-state index in [1.54, 1.807) is 26.0 Å². The molecule has 0 aliphatic carbocycles. The zero-order valence-electron chi connectivity index (χ0n) is 14.7. The number of aliphatic carboxylic acids is 1. The summed E-state index contributed by atoms with van der Waals surface area (Å²) >= 11 is 0. The minimum Gasteiger partial charge on any atom is -0.497 e. The van der Waals surface area contributed by atoms with Gasteiger partial charge in [0, 0.05) is 19.2 Å². The summed E-state index contributed by atoms with van der Waals surface area (Å²) in [5.41, 5.74) is 2.19. The topological polar surface area (TPSA) is 80.0 Å². The van der Waals surface area contributed by atoms with Crippen LogP contribution in [0.1, 0.15) is 33.7 Å². The Labute approximate surface area is 147 Å². The number of carboxylic acids is 1. The third-order valence-corrected chi connectivity index (χ3v) is 4.04. The monoisotopic (exact) mass is 345 g/mol. The van der Waals surface area contributed by atoms with E-state index >= 15 is 0 Å². The molecule has 2 aromatic rings. The molecule has 1 aromatic carbocycles. The van der Waals surface area contributed by atoms with Crippen molar-refractivity contribution in [3.05, 3.63) is 53.0 Å². The van der Waals surface area contributed by atoms with Crippen LogP contribution < -0.4 is 4.74 Å². The smallest absolute Gasteiger partial charge is 0.311 e. The second-order valence-electron chi connectivity index (χ2n) is 5.97. The standard InChI is InChI=1S/C19H23NO5/c1-13-12-25-16(11-17(21)22)18(13)19(23)20(2)10-4-5-14-6-8-15(24-3)9-7-14/h6-9,12H,4-5,10-11H2,1-3H3,(H,21,22). The molecule has 0 atom stereocenters. The van der Waals surface area contributed by atoms with Crippen molar-refractivity contribution in [3.8, 4) is 5.75 Å². The van der Waals surface area contributed by atoms with Gasteiger partial charge in [-0.05, 0) is 37.5 Å². The second-order valence-corrected chi connectivity index (χ2v) is 5.97. The quantitative estimate of drug-likeness (QED) is 0.796. The van der Waals surface area contributed by atoms with Gasteiger partial charge in [-0.2, -0.15) is 0 Å². The summed E-state index contributed by atoms with van der Waals surface area (Å²) in [5, 5.41) is 8.93. The zero-order valence-corrected chi connectivity index (χ0v) is 14.7. The number of benzene rings is 1. The number of rotatable bonds is 8. The summed E-state index contributed by atoms with van der Waals surface area (Å²) in [6.45, 7) is 2.31. The molecule has 25 heavy (non-hydrogen) atoms. The summed E-state index contributed by atoms with van der Waals surface area (Å²) in [5.74, 6) is -0.211. The number of hydrogen-bond acceptors (Lipinski definition) is 4. The van der Waals surface area contributed by atoms with E-state index in [1.165, 1.54) is 11.8 Å². The van der Waals surface area contributed by atoms with Gasteiger partial charge >= 0.3 is 5.97 Å². The van der Waals surface area contributed by atoms with Gasteiger partial charge in [-0.1, -0.05) is 12.1 Å². The van der Waals surface area contributed by atoms with Gasteiger partial charge < -0.3 is 19.2 Å². The van der Waals surface area contributed by atoms with Crippen LogP contribution in [0.5, 0.6) is 5.75 Å². The third-order valence-electron chi connectivity index (χ3n) is 4.04. The molecule has 1 aromatic heterocycles. The van der Waals surface area contributed by atoms with Gasteiger partial charge in [-0.3, -0.25) is 9.59 Å². The van der Waals surface area contributed by atoms with Gasteiger partial charge in [0.15, 0.2) is 0 Å². The summed E-state index contributed by atoms with van der Waals surface area (Å²) in [6, 6.07) is 7.84. The lowest BCUT2D eigenvalue weighted by Gasteiger charge is -2.17. The fourth-order valence-electron chi connectivity index (χ4n) is 2.66. The van der Waals surface area contributed by atoms with Crippen molar-refractivity contribution < 1.29 is 23.8 Å². The number of ether oxygens (including phenoxy) is 1. The molecular formula is C19H23NO5. The van der Waals surface area contributed by atoms with Crippen LogP contribution in [0.15, 0.2) is 34.9 Å². The van der Waals surface area contributed by atoms with E-state index in [0.29, 0.717) is 17.7 Å². The first-order chi connectivity index (χ1) is 11.9. The van der Waals surface area contributed by atoms with E-state index in [0.717, 1.165) is 18.6 Å². The molecule has 0 spiro atoms. The second kappa shape index (κ2) is 8.37. The average molecular weight is 345 g/mol. The fourth-order valence-corrected chi connectivity index (χ4v) is 2.66. The molecule has 0 fully saturated rings. The van der Waals surface area contributed by atoms with Crippen molar-refractivity contribution in [2.24, 2.45) is 0 Å². The maximum atomic E-state index is 12.6. The molecule has 0 saturated carbocycles. The predicted molar refractivity (Wildman–Crippen MR) is 93.1 cm³/mol. The highest BCUT2D eigenvalue weighted by Crippen LogP contribution is 2.19. The predicted octanol–water partition coefficient (Wildman–Crippen LogP) is 2.93. The Morgan fingerprint density at radius 1 is 1.24 bits per heavy atom. The van der Waals surface area contributed by atoms with Crippen molar-refractivity contribution >= 4 is 11.9 Å². The normalized spacial score (nSPS) is 10.5. The highest BCUT2D eigenvalue weighted by molar-refractivity contribution is 5.97. The SMILES string of the molecule is COc1ccc(CCCN(C)C(=O)c2c(C)coc2CC(=O)O)cc1. The van der Waals surface area contributed by atoms with Gasteiger partial charge in [-0.15, -0.1) is 0 Å². The lowest BCUT2D eigenvalue weighted by Crippen LogP contribution is -2.29. The first kappa shape index (κ1) is 18.6. The number of furan rings is 1. The van der Waals surface area contributed by atoms with Crippen LogP contribution in [0, 0.1) is 6.92 Å². The number of carboxylic acid groups (broad SMARTS) is 1. The Kier molecular flexibility index (Phi) is 6.22. The molecule has 0 saturated heterocycles. The molecule has 0 radical (unpaired) electrons. The number of aryl methyl sites for hydroxylation is 2. The summed E-state index contributed by atoms with van der Waals surface area (Å²) in [6.07, 6.45) is 2.78. The zero-order chi connectivity index (χ0) is 18.4. The summed E-state index contributed by atoms with van der Waals surface area (Å²) < 4.78 is 10.4. The lowest BCUT2D eigenvalue weighted by atomic mass is 10.1. The van der Waals surface area contributed by atoms with Crippen molar-refractivity contribution in [3.63, 3.8) is 0 Å². The Balaban J connectivity index is 1.94. The number of methoxy groups -OCH3 is 1. The minimum absolute atomic E-state index is 0.206. The molecule has 0 aliphatic heterocycles. The lowest BCUT2D eigenvalue weighted by molar-refractivity contribution is -0.136. The van der Waals surface area contributed by atoms with Crippen LogP contribution in [0.2, 0.25) is 0 Å². The van der Waals surface area contributed by atoms with Gasteiger partial charge in [0.05, 0.1) is 18.9 Å². The Morgan fingerprint density at radius 2 is 1.92 bits per heavy atom. The first-order valence-electron chi connectivity index (χ1n) is 8.09. The number of nitrogens with zero attached hydrogens (tertiary/aromatic N) is 1. The number of amides is 1. The Morgan fingerprint density at radius 3 is 2.52 bits per heavy atom. The van der Waals surface area contributed by atoms with Crippen LogP contribution in [0.4, 0.5) is 0 Å². The molecule has 0 bridgehead atoms. The van der Waals surface area contributed by atoms with Gasteiger partial charge in [-0.25, -0.2) is 0 Å². The van der Waals surface area contributed by atoms with Crippen molar-refractivity contribution in [1.82, 2.24) is 4.90 Å². The number of carbonyl (C=O) groups is 2. The summed E-state index contributed by atoms with van der Waals surface area (Å²) in [7, 11) is 3.35. The third kappa shape index (κ3) is 4.86.